The Morgan fingerprint density at radius 1 is 1.10 bits per heavy atom. The Morgan fingerprint density at radius 2 is 1.90 bits per heavy atom. The molecule has 1 saturated carbocycles. The molecule has 0 radical (unpaired) electrons. The zero-order chi connectivity index (χ0) is 19.3. The van der Waals surface area contributed by atoms with Gasteiger partial charge in [0.1, 0.15) is 23.5 Å². The topological polar surface area (TPSA) is 88.1 Å². The number of hydrogen-bond donors (Lipinski definition) is 1. The maximum atomic E-state index is 6.10. The van der Waals surface area contributed by atoms with Crippen LogP contribution in [0.15, 0.2) is 49.2 Å². The highest BCUT2D eigenvalue weighted by molar-refractivity contribution is 5.85. The second kappa shape index (κ2) is 9.71. The molecule has 1 fully saturated rings. The summed E-state index contributed by atoms with van der Waals surface area (Å²) in [5.41, 5.74) is 8.47. The molecule has 3 aromatic rings. The molecule has 0 atom stereocenters. The third kappa shape index (κ3) is 4.86. The highest BCUT2D eigenvalue weighted by Crippen LogP contribution is 2.30. The van der Waals surface area contributed by atoms with Crippen LogP contribution in [0.5, 0.6) is 11.5 Å². The zero-order valence-electron chi connectivity index (χ0n) is 16.4. The van der Waals surface area contributed by atoms with Gasteiger partial charge >= 0.3 is 0 Å². The minimum Gasteiger partial charge on any atom is -0.494 e. The summed E-state index contributed by atoms with van der Waals surface area (Å²) in [5.74, 6) is 1.97. The Balaban J connectivity index is 0.00000240. The summed E-state index contributed by atoms with van der Waals surface area (Å²) in [7, 11) is 1.65. The fourth-order valence-corrected chi connectivity index (χ4v) is 3.60. The van der Waals surface area contributed by atoms with Crippen molar-refractivity contribution >= 4 is 12.4 Å². The highest BCUT2D eigenvalue weighted by Gasteiger charge is 2.20. The first-order valence-corrected chi connectivity index (χ1v) is 9.61. The number of para-hydroxylation sites is 2. The number of hydrogen-bond acceptors (Lipinski definition) is 6. The van der Waals surface area contributed by atoms with Crippen LogP contribution in [0.25, 0.3) is 16.9 Å². The summed E-state index contributed by atoms with van der Waals surface area (Å²) in [6.45, 7) is 0.660. The van der Waals surface area contributed by atoms with Gasteiger partial charge in [0, 0.05) is 17.8 Å². The fraction of sp³-hybridized carbons (Fsp3) is 0.381. The third-order valence-corrected chi connectivity index (χ3v) is 5.23. The molecule has 0 saturated heterocycles. The summed E-state index contributed by atoms with van der Waals surface area (Å²) in [6, 6.07) is 8.09. The Morgan fingerprint density at radius 3 is 2.69 bits per heavy atom. The smallest absolute Gasteiger partial charge is 0.163 e. The minimum atomic E-state index is 0. The third-order valence-electron chi connectivity index (χ3n) is 5.23. The average molecular weight is 416 g/mol. The first-order valence-electron chi connectivity index (χ1n) is 9.61. The molecule has 0 spiro atoms. The van der Waals surface area contributed by atoms with Gasteiger partial charge in [-0.15, -0.1) is 12.4 Å². The van der Waals surface area contributed by atoms with Crippen molar-refractivity contribution in [3.05, 3.63) is 49.2 Å². The first-order chi connectivity index (χ1) is 13.7. The van der Waals surface area contributed by atoms with Crippen molar-refractivity contribution < 1.29 is 9.47 Å². The Hall–Kier alpha value is -2.64. The van der Waals surface area contributed by atoms with E-state index in [0.717, 1.165) is 48.4 Å². The van der Waals surface area contributed by atoms with E-state index in [1.807, 2.05) is 30.5 Å². The Bertz CT molecular complexity index is 925. The van der Waals surface area contributed by atoms with Gasteiger partial charge in [-0.05, 0) is 43.7 Å². The van der Waals surface area contributed by atoms with Crippen molar-refractivity contribution in [3.8, 4) is 28.4 Å². The summed E-state index contributed by atoms with van der Waals surface area (Å²) < 4.78 is 13.3. The average Bonchev–Trinajstić information content (AvgIpc) is 3.23. The molecule has 2 heterocycles. The summed E-state index contributed by atoms with van der Waals surface area (Å²) in [5, 5.41) is 4.48. The van der Waals surface area contributed by atoms with E-state index in [1.54, 1.807) is 24.2 Å². The number of benzene rings is 1. The van der Waals surface area contributed by atoms with Gasteiger partial charge in [-0.1, -0.05) is 12.1 Å². The van der Waals surface area contributed by atoms with Crippen molar-refractivity contribution in [2.24, 2.45) is 11.7 Å². The number of halogens is 1. The molecule has 4 rings (SSSR count). The van der Waals surface area contributed by atoms with Gasteiger partial charge in [-0.2, -0.15) is 5.10 Å². The summed E-state index contributed by atoms with van der Waals surface area (Å²) >= 11 is 0. The van der Waals surface area contributed by atoms with Crippen molar-refractivity contribution in [2.45, 2.75) is 31.7 Å². The molecule has 0 amide bonds. The predicted molar refractivity (Wildman–Crippen MR) is 114 cm³/mol. The maximum absolute atomic E-state index is 6.10. The second-order valence-corrected chi connectivity index (χ2v) is 7.17. The van der Waals surface area contributed by atoms with Crippen LogP contribution >= 0.6 is 12.4 Å². The van der Waals surface area contributed by atoms with Crippen molar-refractivity contribution in [3.63, 3.8) is 0 Å². The van der Waals surface area contributed by atoms with Gasteiger partial charge in [0.2, 0.25) is 0 Å². The molecule has 1 aliphatic carbocycles. The predicted octanol–water partition coefficient (Wildman–Crippen LogP) is 3.66. The van der Waals surface area contributed by atoms with E-state index in [4.69, 9.17) is 15.2 Å². The number of nitrogens with zero attached hydrogens (tertiary/aromatic N) is 4. The number of aromatic nitrogens is 4. The quantitative estimate of drug-likeness (QED) is 0.661. The van der Waals surface area contributed by atoms with Crippen LogP contribution < -0.4 is 15.2 Å². The molecular weight excluding hydrogens is 390 g/mol. The SMILES string of the molecule is COc1ccccc1-n1cc(-c2ncncc2OC[C@H]2CC[C@@H](N)CC2)cn1.Cl. The van der Waals surface area contributed by atoms with E-state index in [-0.39, 0.29) is 12.4 Å². The van der Waals surface area contributed by atoms with Crippen LogP contribution in [-0.4, -0.2) is 39.5 Å². The standard InChI is InChI=1S/C21H25N5O2.ClH/c1-27-19-5-3-2-4-18(19)26-12-16(10-25-26)21-20(11-23-14-24-21)28-13-15-6-8-17(22)9-7-15;/h2-5,10-12,14-15,17H,6-9,13,22H2,1H3;1H/t15-,17+;. The maximum Gasteiger partial charge on any atom is 0.163 e. The molecule has 29 heavy (non-hydrogen) atoms. The lowest BCUT2D eigenvalue weighted by molar-refractivity contribution is 0.200. The fourth-order valence-electron chi connectivity index (χ4n) is 3.60. The van der Waals surface area contributed by atoms with E-state index in [1.165, 1.54) is 6.33 Å². The number of methoxy groups -OCH3 is 1. The minimum absolute atomic E-state index is 0. The van der Waals surface area contributed by atoms with Crippen LogP contribution in [0.3, 0.4) is 0 Å². The van der Waals surface area contributed by atoms with Gasteiger partial charge in [0.05, 0.1) is 26.1 Å². The largest absolute Gasteiger partial charge is 0.494 e. The molecule has 7 nitrogen and oxygen atoms in total. The van der Waals surface area contributed by atoms with Gasteiger partial charge in [0.25, 0.3) is 0 Å². The highest BCUT2D eigenvalue weighted by atomic mass is 35.5. The van der Waals surface area contributed by atoms with E-state index in [0.29, 0.717) is 24.3 Å². The molecule has 8 heteroatoms. The molecule has 0 aliphatic heterocycles. The van der Waals surface area contributed by atoms with Crippen molar-refractivity contribution in [1.82, 2.24) is 19.7 Å². The number of rotatable bonds is 6. The normalized spacial score (nSPS) is 18.7. The summed E-state index contributed by atoms with van der Waals surface area (Å²) in [4.78, 5) is 8.57. The van der Waals surface area contributed by atoms with Gasteiger partial charge in [0.15, 0.2) is 5.75 Å². The molecular formula is C21H26ClN5O2. The van der Waals surface area contributed by atoms with E-state index in [9.17, 15) is 0 Å². The lowest BCUT2D eigenvalue weighted by atomic mass is 9.87. The number of ether oxygens (including phenoxy) is 2. The zero-order valence-corrected chi connectivity index (χ0v) is 17.2. The molecule has 1 aromatic carbocycles. The van der Waals surface area contributed by atoms with Crippen LogP contribution in [0.4, 0.5) is 0 Å². The second-order valence-electron chi connectivity index (χ2n) is 7.17. The molecule has 0 unspecified atom stereocenters. The molecule has 1 aliphatic rings. The van der Waals surface area contributed by atoms with E-state index < -0.39 is 0 Å². The van der Waals surface area contributed by atoms with Gasteiger partial charge in [-0.3, -0.25) is 0 Å². The van der Waals surface area contributed by atoms with Crippen molar-refractivity contribution in [1.29, 1.82) is 0 Å². The lowest BCUT2D eigenvalue weighted by Crippen LogP contribution is -2.28. The van der Waals surface area contributed by atoms with Crippen LogP contribution in [0.2, 0.25) is 0 Å². The number of nitrogens with two attached hydrogens (primary N) is 1. The van der Waals surface area contributed by atoms with E-state index >= 15 is 0 Å². The van der Waals surface area contributed by atoms with Gasteiger partial charge in [-0.25, -0.2) is 14.6 Å². The van der Waals surface area contributed by atoms with Crippen LogP contribution in [-0.2, 0) is 0 Å². The Labute approximate surface area is 176 Å². The van der Waals surface area contributed by atoms with Crippen molar-refractivity contribution in [2.75, 3.05) is 13.7 Å². The van der Waals surface area contributed by atoms with E-state index in [2.05, 4.69) is 15.1 Å². The van der Waals surface area contributed by atoms with Crippen LogP contribution in [0, 0.1) is 5.92 Å². The van der Waals surface area contributed by atoms with Gasteiger partial charge < -0.3 is 15.2 Å². The van der Waals surface area contributed by atoms with Crippen LogP contribution in [0.1, 0.15) is 25.7 Å². The summed E-state index contributed by atoms with van der Waals surface area (Å²) in [6.07, 6.45) is 11.3. The molecule has 2 aromatic heterocycles. The Kier molecular flexibility index (Phi) is 7.06. The molecule has 2 N–H and O–H groups in total. The molecule has 0 bridgehead atoms. The first kappa shape index (κ1) is 21.1. The lowest BCUT2D eigenvalue weighted by Gasteiger charge is -2.26. The molecule has 154 valence electrons. The monoisotopic (exact) mass is 415 g/mol.